The molecule has 0 spiro atoms. The third kappa shape index (κ3) is 2.95. The van der Waals surface area contributed by atoms with Gasteiger partial charge in [0.05, 0.1) is 11.7 Å². The average Bonchev–Trinajstić information content (AvgIpc) is 3.39. The van der Waals surface area contributed by atoms with Crippen LogP contribution in [0.15, 0.2) is 21.5 Å². The van der Waals surface area contributed by atoms with Crippen molar-refractivity contribution in [1.29, 1.82) is 0 Å². The predicted molar refractivity (Wildman–Crippen MR) is 110 cm³/mol. The van der Waals surface area contributed by atoms with Crippen molar-refractivity contribution in [3.63, 3.8) is 0 Å². The summed E-state index contributed by atoms with van der Waals surface area (Å²) >= 11 is 0. The Morgan fingerprint density at radius 3 is 2.55 bits per heavy atom. The number of nitrogens with one attached hydrogen (secondary N) is 1. The lowest BCUT2D eigenvalue weighted by Crippen LogP contribution is -2.26. The summed E-state index contributed by atoms with van der Waals surface area (Å²) in [6.45, 7) is 4.31. The van der Waals surface area contributed by atoms with Gasteiger partial charge in [-0.2, -0.15) is 5.10 Å². The van der Waals surface area contributed by atoms with Gasteiger partial charge in [-0.1, -0.05) is 6.07 Å². The standard InChI is InChI=1S/C20H25N5O3S/c1-20(2)11-28-18-16(10-22-25(18)20)29(21,27)24-19(26)23-17-14-7-3-5-12(14)9-13-6-4-8-15(13)17/h9-10H,3-8,11H2,1-2H3,(H3,21,23,24,26,27). The summed E-state index contributed by atoms with van der Waals surface area (Å²) in [6.07, 6.45) is 7.50. The van der Waals surface area contributed by atoms with Gasteiger partial charge in [-0.05, 0) is 74.6 Å². The molecule has 0 fully saturated rings. The summed E-state index contributed by atoms with van der Waals surface area (Å²) < 4.78 is 24.2. The minimum atomic E-state index is -3.49. The van der Waals surface area contributed by atoms with Crippen LogP contribution >= 0.6 is 0 Å². The van der Waals surface area contributed by atoms with E-state index in [-0.39, 0.29) is 10.4 Å². The van der Waals surface area contributed by atoms with Gasteiger partial charge in [0.1, 0.15) is 11.5 Å². The Morgan fingerprint density at radius 1 is 1.24 bits per heavy atom. The first-order valence-electron chi connectivity index (χ1n) is 10.00. The second kappa shape index (κ2) is 6.30. The van der Waals surface area contributed by atoms with Crippen LogP contribution in [0, 0.1) is 0 Å². The van der Waals surface area contributed by atoms with Crippen LogP contribution in [0.25, 0.3) is 0 Å². The second-order valence-electron chi connectivity index (χ2n) is 8.65. The predicted octanol–water partition coefficient (Wildman–Crippen LogP) is 2.92. The van der Waals surface area contributed by atoms with Crippen LogP contribution < -0.4 is 15.2 Å². The van der Waals surface area contributed by atoms with Crippen molar-refractivity contribution < 1.29 is 13.7 Å². The molecule has 2 amide bonds. The van der Waals surface area contributed by atoms with Crippen LogP contribution in [0.5, 0.6) is 5.88 Å². The molecule has 5 rings (SSSR count). The first-order valence-corrected chi connectivity index (χ1v) is 11.6. The number of nitrogens with zero attached hydrogens (tertiary/aromatic N) is 3. The molecule has 1 aromatic carbocycles. The highest BCUT2D eigenvalue weighted by molar-refractivity contribution is 7.91. The molecule has 154 valence electrons. The molecule has 29 heavy (non-hydrogen) atoms. The molecule has 8 nitrogen and oxygen atoms in total. The number of ether oxygens (including phenoxy) is 1. The first kappa shape index (κ1) is 18.6. The summed E-state index contributed by atoms with van der Waals surface area (Å²) in [5, 5.41) is 13.1. The maximum atomic E-state index is 13.1. The number of carbonyl (C=O) groups excluding carboxylic acids is 1. The van der Waals surface area contributed by atoms with E-state index in [9.17, 15) is 9.00 Å². The molecule has 2 heterocycles. The van der Waals surface area contributed by atoms with Crippen LogP contribution in [0.1, 0.15) is 48.9 Å². The number of carbonyl (C=O) groups is 1. The number of hydrogen-bond donors (Lipinski definition) is 2. The van der Waals surface area contributed by atoms with Crippen LogP contribution in [0.3, 0.4) is 0 Å². The lowest BCUT2D eigenvalue weighted by atomic mass is 9.99. The molecule has 3 N–H and O–H groups in total. The first-order chi connectivity index (χ1) is 13.8. The minimum Gasteiger partial charge on any atom is -0.474 e. The van der Waals surface area contributed by atoms with Crippen molar-refractivity contribution in [2.24, 2.45) is 9.50 Å². The van der Waals surface area contributed by atoms with Gasteiger partial charge in [0.2, 0.25) is 5.88 Å². The summed E-state index contributed by atoms with van der Waals surface area (Å²) in [5.74, 6) is 0.320. The van der Waals surface area contributed by atoms with Crippen molar-refractivity contribution in [2.45, 2.75) is 62.8 Å². The maximum Gasteiger partial charge on any atom is 0.354 e. The molecule has 1 atom stereocenters. The number of nitrogens with two attached hydrogens (primary N) is 1. The number of hydrogen-bond acceptors (Lipinski definition) is 4. The second-order valence-corrected chi connectivity index (χ2v) is 10.4. The summed E-state index contributed by atoms with van der Waals surface area (Å²) in [5.41, 5.74) is 5.48. The Bertz CT molecular complexity index is 1130. The zero-order valence-corrected chi connectivity index (χ0v) is 17.5. The van der Waals surface area contributed by atoms with Gasteiger partial charge in [0.25, 0.3) is 0 Å². The highest BCUT2D eigenvalue weighted by atomic mass is 32.2. The number of benzene rings is 1. The Balaban J connectivity index is 1.49. The van der Waals surface area contributed by atoms with Crippen molar-refractivity contribution in [1.82, 2.24) is 9.78 Å². The van der Waals surface area contributed by atoms with Gasteiger partial charge >= 0.3 is 6.03 Å². The van der Waals surface area contributed by atoms with Gasteiger partial charge < -0.3 is 10.1 Å². The van der Waals surface area contributed by atoms with E-state index in [1.807, 2.05) is 13.8 Å². The smallest absolute Gasteiger partial charge is 0.354 e. The van der Waals surface area contributed by atoms with E-state index >= 15 is 0 Å². The molecule has 0 radical (unpaired) electrons. The zero-order chi connectivity index (χ0) is 20.4. The number of rotatable bonds is 2. The maximum absolute atomic E-state index is 13.1. The lowest BCUT2D eigenvalue weighted by Gasteiger charge is -2.15. The lowest BCUT2D eigenvalue weighted by molar-refractivity contribution is 0.259. The molecule has 1 aliphatic heterocycles. The van der Waals surface area contributed by atoms with E-state index in [4.69, 9.17) is 9.88 Å². The summed E-state index contributed by atoms with van der Waals surface area (Å²) in [4.78, 5) is 12.9. The number of urea groups is 1. The molecule has 2 aromatic rings. The highest BCUT2D eigenvalue weighted by Gasteiger charge is 2.36. The van der Waals surface area contributed by atoms with Gasteiger partial charge in [0, 0.05) is 5.69 Å². The molecule has 1 aromatic heterocycles. The fourth-order valence-electron chi connectivity index (χ4n) is 4.66. The number of amides is 2. The van der Waals surface area contributed by atoms with Gasteiger partial charge in [-0.25, -0.2) is 18.8 Å². The van der Waals surface area contributed by atoms with Crippen molar-refractivity contribution in [2.75, 3.05) is 11.9 Å². The number of aryl methyl sites for hydroxylation is 2. The van der Waals surface area contributed by atoms with Crippen LogP contribution in [-0.4, -0.2) is 26.6 Å². The van der Waals surface area contributed by atoms with E-state index < -0.39 is 15.9 Å². The zero-order valence-electron chi connectivity index (χ0n) is 16.7. The monoisotopic (exact) mass is 415 g/mol. The third-order valence-electron chi connectivity index (χ3n) is 6.07. The van der Waals surface area contributed by atoms with Crippen LogP contribution in [-0.2, 0) is 41.1 Å². The third-order valence-corrected chi connectivity index (χ3v) is 7.41. The van der Waals surface area contributed by atoms with Crippen molar-refractivity contribution >= 4 is 21.6 Å². The Labute approximate surface area is 170 Å². The van der Waals surface area contributed by atoms with E-state index in [2.05, 4.69) is 20.8 Å². The molecule has 9 heteroatoms. The number of anilines is 1. The molecule has 3 aliphatic rings. The number of aromatic nitrogens is 2. The topological polar surface area (TPSA) is 112 Å². The van der Waals surface area contributed by atoms with Crippen molar-refractivity contribution in [3.8, 4) is 5.88 Å². The average molecular weight is 416 g/mol. The van der Waals surface area contributed by atoms with Gasteiger partial charge in [0.15, 0.2) is 9.92 Å². The van der Waals surface area contributed by atoms with E-state index in [0.717, 1.165) is 44.2 Å². The van der Waals surface area contributed by atoms with E-state index in [0.29, 0.717) is 12.5 Å². The molecular formula is C20H25N5O3S. The van der Waals surface area contributed by atoms with Crippen LogP contribution in [0.2, 0.25) is 0 Å². The van der Waals surface area contributed by atoms with E-state index in [1.54, 1.807) is 4.68 Å². The SMILES string of the molecule is CC1(C)COc2c(S(N)(=O)=NC(=O)Nc3c4c(cc5c3CCC5)CCC4)cnn21. The van der Waals surface area contributed by atoms with E-state index in [1.165, 1.54) is 28.5 Å². The molecule has 0 bridgehead atoms. The molecular weight excluding hydrogens is 390 g/mol. The number of fused-ring (bicyclic) bond motifs is 3. The normalized spacial score (nSPS) is 20.4. The molecule has 0 saturated carbocycles. The van der Waals surface area contributed by atoms with Crippen LogP contribution in [0.4, 0.5) is 10.5 Å². The molecule has 2 aliphatic carbocycles. The summed E-state index contributed by atoms with van der Waals surface area (Å²) in [6, 6.07) is 1.60. The minimum absolute atomic E-state index is 0.154. The Hall–Kier alpha value is -2.39. The fourth-order valence-corrected chi connectivity index (χ4v) is 5.65. The summed E-state index contributed by atoms with van der Waals surface area (Å²) in [7, 11) is -3.49. The molecule has 0 saturated heterocycles. The largest absolute Gasteiger partial charge is 0.474 e. The Morgan fingerprint density at radius 2 is 1.90 bits per heavy atom. The quantitative estimate of drug-likeness (QED) is 0.785. The van der Waals surface area contributed by atoms with Gasteiger partial charge in [-0.3, -0.25) is 0 Å². The fraction of sp³-hybridized carbons (Fsp3) is 0.500. The Kier molecular flexibility index (Phi) is 4.05. The van der Waals surface area contributed by atoms with Crippen molar-refractivity contribution in [3.05, 3.63) is 34.5 Å². The molecule has 1 unspecified atom stereocenters. The van der Waals surface area contributed by atoms with Gasteiger partial charge in [-0.15, -0.1) is 4.36 Å². The highest BCUT2D eigenvalue weighted by Crippen LogP contribution is 2.39.